The maximum atomic E-state index is 13.8. The van der Waals surface area contributed by atoms with Gasteiger partial charge in [-0.2, -0.15) is 0 Å². The molecule has 4 aromatic carbocycles. The number of hydrogen-bond donors (Lipinski definition) is 2. The van der Waals surface area contributed by atoms with Crippen molar-refractivity contribution in [1.29, 1.82) is 0 Å². The molecule has 2 N–H and O–H groups in total. The van der Waals surface area contributed by atoms with Gasteiger partial charge >= 0.3 is 0 Å². The van der Waals surface area contributed by atoms with E-state index < -0.39 is 15.9 Å². The minimum Gasteiger partial charge on any atom is -0.455 e. The van der Waals surface area contributed by atoms with Crippen molar-refractivity contribution in [3.05, 3.63) is 131 Å². The summed E-state index contributed by atoms with van der Waals surface area (Å²) in [5.41, 5.74) is 6.14. The Morgan fingerprint density at radius 2 is 1.69 bits per heavy atom. The molecule has 0 unspecified atom stereocenters. The molecule has 11 heteroatoms. The second-order valence-electron chi connectivity index (χ2n) is 15.0. The molecule has 2 aliphatic rings. The molecule has 9 nitrogen and oxygen atoms in total. The predicted molar refractivity (Wildman–Crippen MR) is 216 cm³/mol. The van der Waals surface area contributed by atoms with Crippen LogP contribution in [-0.2, 0) is 10.0 Å². The standard InChI is InChI=1S/C43H42ClN5O4S/c1-43(2)17-15-33(39(26-43)30-7-10-34(44)11-8-30)28-48-19-21-49(22-20-48)35-12-14-38(40(25-35)53-36-23-32-16-18-45-41(32)46-27-36)42(50)47-54(51,52)37-13-9-29-5-3-4-6-31(29)24-37/h3-14,16,18,23-25,27H,15,17,19-22,26,28H2,1-2H3,(H,45,46)(H,47,50). The molecule has 0 atom stereocenters. The molecule has 1 fully saturated rings. The van der Waals surface area contributed by atoms with Crippen LogP contribution in [0.2, 0.25) is 5.02 Å². The van der Waals surface area contributed by atoms with E-state index in [0.717, 1.165) is 78.9 Å². The summed E-state index contributed by atoms with van der Waals surface area (Å²) < 4.78 is 35.6. The van der Waals surface area contributed by atoms with Gasteiger partial charge in [-0.25, -0.2) is 18.1 Å². The zero-order valence-corrected chi connectivity index (χ0v) is 31.9. The van der Waals surface area contributed by atoms with E-state index in [-0.39, 0.29) is 21.6 Å². The first kappa shape index (κ1) is 35.8. The molecule has 0 spiro atoms. The molecule has 1 saturated heterocycles. The molecule has 3 heterocycles. The van der Waals surface area contributed by atoms with Crippen LogP contribution < -0.4 is 14.4 Å². The van der Waals surface area contributed by atoms with Crippen LogP contribution in [0.3, 0.4) is 0 Å². The second-order valence-corrected chi connectivity index (χ2v) is 17.1. The number of anilines is 1. The largest absolute Gasteiger partial charge is 0.455 e. The van der Waals surface area contributed by atoms with Crippen molar-refractivity contribution < 1.29 is 17.9 Å². The summed E-state index contributed by atoms with van der Waals surface area (Å²) in [6.07, 6.45) is 6.66. The Morgan fingerprint density at radius 3 is 2.48 bits per heavy atom. The van der Waals surface area contributed by atoms with E-state index in [1.165, 1.54) is 22.8 Å². The number of benzene rings is 4. The molecule has 0 bridgehead atoms. The number of nitrogens with zero attached hydrogens (tertiary/aromatic N) is 3. The quantitative estimate of drug-likeness (QED) is 0.152. The first-order valence-electron chi connectivity index (χ1n) is 18.2. The number of pyridine rings is 1. The number of carbonyl (C=O) groups is 1. The van der Waals surface area contributed by atoms with Crippen LogP contribution >= 0.6 is 11.6 Å². The third-order valence-corrected chi connectivity index (χ3v) is 12.2. The lowest BCUT2D eigenvalue weighted by Crippen LogP contribution is -2.47. The number of amides is 1. The van der Waals surface area contributed by atoms with E-state index in [1.807, 2.05) is 60.7 Å². The molecular weight excluding hydrogens is 718 g/mol. The minimum absolute atomic E-state index is 0.00149. The molecule has 1 amide bonds. The van der Waals surface area contributed by atoms with Crippen molar-refractivity contribution in [2.24, 2.45) is 5.41 Å². The van der Waals surface area contributed by atoms with Crippen LogP contribution in [0.15, 0.2) is 120 Å². The van der Waals surface area contributed by atoms with Gasteiger partial charge in [0.1, 0.15) is 17.1 Å². The fourth-order valence-electron chi connectivity index (χ4n) is 7.55. The van der Waals surface area contributed by atoms with E-state index in [9.17, 15) is 13.2 Å². The third-order valence-electron chi connectivity index (χ3n) is 10.6. The molecule has 0 radical (unpaired) electrons. The van der Waals surface area contributed by atoms with E-state index in [0.29, 0.717) is 11.4 Å². The first-order chi connectivity index (χ1) is 26.0. The lowest BCUT2D eigenvalue weighted by atomic mass is 9.72. The minimum atomic E-state index is -4.19. The molecule has 1 aliphatic heterocycles. The van der Waals surface area contributed by atoms with Gasteiger partial charge < -0.3 is 14.6 Å². The van der Waals surface area contributed by atoms with E-state index in [2.05, 4.69) is 50.5 Å². The highest BCUT2D eigenvalue weighted by Gasteiger charge is 2.30. The fourth-order valence-corrected chi connectivity index (χ4v) is 8.68. The number of piperazine rings is 1. The van der Waals surface area contributed by atoms with Gasteiger partial charge in [0.15, 0.2) is 0 Å². The summed E-state index contributed by atoms with van der Waals surface area (Å²) in [4.78, 5) is 26.1. The highest BCUT2D eigenvalue weighted by molar-refractivity contribution is 7.90. The van der Waals surface area contributed by atoms with Gasteiger partial charge in [-0.05, 0) is 95.1 Å². The number of sulfonamides is 1. The number of carbonyl (C=O) groups excluding carboxylic acids is 1. The Kier molecular flexibility index (Phi) is 9.68. The number of rotatable bonds is 9. The van der Waals surface area contributed by atoms with E-state index >= 15 is 0 Å². The maximum absolute atomic E-state index is 13.8. The van der Waals surface area contributed by atoms with Crippen LogP contribution in [0, 0.1) is 5.41 Å². The molecular formula is C43H42ClN5O4S. The summed E-state index contributed by atoms with van der Waals surface area (Å²) in [6, 6.07) is 29.5. The van der Waals surface area contributed by atoms with E-state index in [4.69, 9.17) is 16.3 Å². The smallest absolute Gasteiger partial charge is 0.268 e. The SMILES string of the molecule is CC1(C)CCC(CN2CCN(c3ccc(C(=O)NS(=O)(=O)c4ccc5ccccc5c4)c(Oc4cnc5[nH]ccc5c4)c3)CC2)=C(c2ccc(Cl)cc2)C1. The Morgan fingerprint density at radius 1 is 0.907 bits per heavy atom. The maximum Gasteiger partial charge on any atom is 0.268 e. The Balaban J connectivity index is 1.03. The van der Waals surface area contributed by atoms with Crippen molar-refractivity contribution >= 4 is 60.6 Å². The fraction of sp³-hybridized carbons (Fsp3) is 0.256. The summed E-state index contributed by atoms with van der Waals surface area (Å²) in [6.45, 7) is 8.94. The van der Waals surface area contributed by atoms with Gasteiger partial charge in [0, 0.05) is 61.1 Å². The monoisotopic (exact) mass is 759 g/mol. The molecule has 276 valence electrons. The second kappa shape index (κ2) is 14.6. The molecule has 0 saturated carbocycles. The number of fused-ring (bicyclic) bond motifs is 2. The Labute approximate surface area is 320 Å². The number of aromatic nitrogens is 2. The summed E-state index contributed by atoms with van der Waals surface area (Å²) in [5, 5.41) is 3.26. The number of allylic oxidation sites excluding steroid dienone is 1. The van der Waals surface area contributed by atoms with Gasteiger partial charge in [0.25, 0.3) is 15.9 Å². The zero-order chi connectivity index (χ0) is 37.5. The normalized spacial score (nSPS) is 16.5. The average Bonchev–Trinajstić information content (AvgIpc) is 3.64. The van der Waals surface area contributed by atoms with Crippen LogP contribution in [0.4, 0.5) is 5.69 Å². The topological polar surface area (TPSA) is 108 Å². The number of nitrogens with one attached hydrogen (secondary N) is 2. The van der Waals surface area contributed by atoms with Crippen molar-refractivity contribution in [3.63, 3.8) is 0 Å². The molecule has 54 heavy (non-hydrogen) atoms. The average molecular weight is 760 g/mol. The first-order valence-corrected chi connectivity index (χ1v) is 20.1. The number of aromatic amines is 1. The number of ether oxygens (including phenoxy) is 1. The molecule has 2 aromatic heterocycles. The Hall–Kier alpha value is -5.16. The van der Waals surface area contributed by atoms with Crippen molar-refractivity contribution in [2.45, 2.75) is 38.0 Å². The zero-order valence-electron chi connectivity index (χ0n) is 30.3. The number of halogens is 1. The van der Waals surface area contributed by atoms with Crippen LogP contribution in [0.5, 0.6) is 11.5 Å². The predicted octanol–water partition coefficient (Wildman–Crippen LogP) is 9.07. The van der Waals surface area contributed by atoms with Crippen molar-refractivity contribution in [2.75, 3.05) is 37.6 Å². The van der Waals surface area contributed by atoms with Gasteiger partial charge in [0.05, 0.1) is 16.7 Å². The molecule has 1 aliphatic carbocycles. The summed E-state index contributed by atoms with van der Waals surface area (Å²) in [5.74, 6) is -0.123. The Bertz CT molecular complexity index is 2500. The van der Waals surface area contributed by atoms with Gasteiger partial charge in [-0.3, -0.25) is 9.69 Å². The highest BCUT2D eigenvalue weighted by Crippen LogP contribution is 2.43. The van der Waals surface area contributed by atoms with Gasteiger partial charge in [-0.1, -0.05) is 73.5 Å². The van der Waals surface area contributed by atoms with Gasteiger partial charge in [-0.15, -0.1) is 0 Å². The molecule has 6 aromatic rings. The lowest BCUT2D eigenvalue weighted by molar-refractivity contribution is 0.0979. The highest BCUT2D eigenvalue weighted by atomic mass is 35.5. The summed E-state index contributed by atoms with van der Waals surface area (Å²) in [7, 11) is -4.19. The van der Waals surface area contributed by atoms with Crippen LogP contribution in [0.25, 0.3) is 27.4 Å². The van der Waals surface area contributed by atoms with Crippen LogP contribution in [0.1, 0.15) is 49.0 Å². The van der Waals surface area contributed by atoms with Crippen LogP contribution in [-0.4, -0.2) is 61.9 Å². The van der Waals surface area contributed by atoms with E-state index in [1.54, 1.807) is 30.6 Å². The third kappa shape index (κ3) is 7.73. The van der Waals surface area contributed by atoms with Gasteiger partial charge in [0.2, 0.25) is 0 Å². The summed E-state index contributed by atoms with van der Waals surface area (Å²) >= 11 is 6.23. The number of hydrogen-bond acceptors (Lipinski definition) is 7. The van der Waals surface area contributed by atoms with Crippen molar-refractivity contribution in [3.8, 4) is 11.5 Å². The molecule has 8 rings (SSSR count). The lowest BCUT2D eigenvalue weighted by Gasteiger charge is -2.39. The number of H-pyrrole nitrogens is 1. The van der Waals surface area contributed by atoms with Crippen molar-refractivity contribution in [1.82, 2.24) is 19.6 Å².